The number of hydrogen-bond donors (Lipinski definition) is 3. The van der Waals surface area contributed by atoms with Crippen molar-refractivity contribution in [2.75, 3.05) is 51.6 Å². The SMILES string of the molecule is C[C@@H](CNC(=O)Nc1cccc2[nH]ccc12)CN1CCN(C)CC1. The summed E-state index contributed by atoms with van der Waals surface area (Å²) in [6, 6.07) is 7.68. The van der Waals surface area contributed by atoms with E-state index in [0.29, 0.717) is 12.5 Å². The van der Waals surface area contributed by atoms with E-state index in [1.54, 1.807) is 0 Å². The minimum Gasteiger partial charge on any atom is -0.361 e. The van der Waals surface area contributed by atoms with Gasteiger partial charge in [0.25, 0.3) is 0 Å². The van der Waals surface area contributed by atoms with Crippen LogP contribution < -0.4 is 10.6 Å². The van der Waals surface area contributed by atoms with Crippen LogP contribution in [-0.2, 0) is 0 Å². The van der Waals surface area contributed by atoms with Gasteiger partial charge in [-0.15, -0.1) is 0 Å². The summed E-state index contributed by atoms with van der Waals surface area (Å²) >= 11 is 0. The van der Waals surface area contributed by atoms with E-state index in [9.17, 15) is 4.79 Å². The predicted octanol–water partition coefficient (Wildman–Crippen LogP) is 2.17. The number of nitrogens with zero attached hydrogens (tertiary/aromatic N) is 2. The number of anilines is 1. The lowest BCUT2D eigenvalue weighted by Gasteiger charge is -2.33. The van der Waals surface area contributed by atoms with Crippen molar-refractivity contribution in [2.24, 2.45) is 5.92 Å². The van der Waals surface area contributed by atoms with Gasteiger partial charge in [-0.2, -0.15) is 0 Å². The molecule has 0 spiro atoms. The maximum Gasteiger partial charge on any atom is 0.319 e. The number of aromatic nitrogens is 1. The number of piperazine rings is 1. The second kappa shape index (κ2) is 7.68. The lowest BCUT2D eigenvalue weighted by molar-refractivity contribution is 0.138. The number of nitrogens with one attached hydrogen (secondary N) is 3. The van der Waals surface area contributed by atoms with Gasteiger partial charge < -0.3 is 25.4 Å². The van der Waals surface area contributed by atoms with Crippen LogP contribution in [0.2, 0.25) is 0 Å². The van der Waals surface area contributed by atoms with Gasteiger partial charge in [-0.25, -0.2) is 4.79 Å². The zero-order chi connectivity index (χ0) is 16.9. The molecule has 0 aliphatic carbocycles. The van der Waals surface area contributed by atoms with Crippen LogP contribution in [-0.4, -0.2) is 67.1 Å². The highest BCUT2D eigenvalue weighted by molar-refractivity contribution is 6.00. The normalized spacial score (nSPS) is 17.8. The molecular weight excluding hydrogens is 302 g/mol. The molecule has 1 saturated heterocycles. The number of H-pyrrole nitrogens is 1. The molecule has 1 aliphatic rings. The topological polar surface area (TPSA) is 63.4 Å². The molecule has 6 heteroatoms. The monoisotopic (exact) mass is 329 g/mol. The molecule has 3 rings (SSSR count). The Bertz CT molecular complexity index is 675. The van der Waals surface area contributed by atoms with Gasteiger partial charge in [0, 0.05) is 56.4 Å². The van der Waals surface area contributed by atoms with Crippen molar-refractivity contribution in [3.8, 4) is 0 Å². The maximum atomic E-state index is 12.2. The van der Waals surface area contributed by atoms with Crippen molar-refractivity contribution >= 4 is 22.6 Å². The van der Waals surface area contributed by atoms with Crippen LogP contribution in [0.4, 0.5) is 10.5 Å². The van der Waals surface area contributed by atoms with Gasteiger partial charge in [-0.1, -0.05) is 13.0 Å². The first-order chi connectivity index (χ1) is 11.6. The van der Waals surface area contributed by atoms with Crippen LogP contribution in [0.5, 0.6) is 0 Å². The highest BCUT2D eigenvalue weighted by Gasteiger charge is 2.16. The molecule has 130 valence electrons. The van der Waals surface area contributed by atoms with E-state index in [1.165, 1.54) is 0 Å². The van der Waals surface area contributed by atoms with Crippen molar-refractivity contribution in [1.29, 1.82) is 0 Å². The van der Waals surface area contributed by atoms with Crippen LogP contribution in [0.3, 0.4) is 0 Å². The quantitative estimate of drug-likeness (QED) is 0.788. The van der Waals surface area contributed by atoms with Crippen LogP contribution in [0, 0.1) is 5.92 Å². The van der Waals surface area contributed by atoms with Crippen molar-refractivity contribution < 1.29 is 4.79 Å². The van der Waals surface area contributed by atoms with E-state index in [4.69, 9.17) is 0 Å². The molecule has 0 radical (unpaired) electrons. The molecule has 1 aliphatic heterocycles. The molecule has 2 aromatic rings. The first kappa shape index (κ1) is 16.8. The van der Waals surface area contributed by atoms with E-state index in [-0.39, 0.29) is 6.03 Å². The van der Waals surface area contributed by atoms with Gasteiger partial charge >= 0.3 is 6.03 Å². The smallest absolute Gasteiger partial charge is 0.319 e. The molecular formula is C18H27N5O. The number of fused-ring (bicyclic) bond motifs is 1. The average Bonchev–Trinajstić information content (AvgIpc) is 3.05. The fourth-order valence-electron chi connectivity index (χ4n) is 3.16. The second-order valence-corrected chi connectivity index (χ2v) is 6.79. The molecule has 3 N–H and O–H groups in total. The molecule has 0 unspecified atom stereocenters. The Labute approximate surface area is 143 Å². The number of urea groups is 1. The summed E-state index contributed by atoms with van der Waals surface area (Å²) in [4.78, 5) is 20.1. The van der Waals surface area contributed by atoms with Crippen molar-refractivity contribution in [2.45, 2.75) is 6.92 Å². The van der Waals surface area contributed by atoms with Crippen LogP contribution in [0.1, 0.15) is 6.92 Å². The number of aromatic amines is 1. The van der Waals surface area contributed by atoms with Gasteiger partial charge in [-0.05, 0) is 31.2 Å². The molecule has 1 aromatic carbocycles. The van der Waals surface area contributed by atoms with Gasteiger partial charge in [-0.3, -0.25) is 0 Å². The Morgan fingerprint density at radius 3 is 2.83 bits per heavy atom. The van der Waals surface area contributed by atoms with Gasteiger partial charge in [0.2, 0.25) is 0 Å². The van der Waals surface area contributed by atoms with E-state index >= 15 is 0 Å². The fraction of sp³-hybridized carbons (Fsp3) is 0.500. The van der Waals surface area contributed by atoms with Gasteiger partial charge in [0.15, 0.2) is 0 Å². The zero-order valence-electron chi connectivity index (χ0n) is 14.5. The highest BCUT2D eigenvalue weighted by Crippen LogP contribution is 2.21. The third kappa shape index (κ3) is 4.27. The summed E-state index contributed by atoms with van der Waals surface area (Å²) in [5, 5.41) is 6.96. The number of rotatable bonds is 5. The zero-order valence-corrected chi connectivity index (χ0v) is 14.5. The van der Waals surface area contributed by atoms with Crippen molar-refractivity contribution in [3.63, 3.8) is 0 Å². The number of carbonyl (C=O) groups excluding carboxylic acids is 1. The summed E-state index contributed by atoms with van der Waals surface area (Å²) in [5.41, 5.74) is 1.86. The Morgan fingerprint density at radius 2 is 2.04 bits per heavy atom. The molecule has 2 heterocycles. The maximum absolute atomic E-state index is 12.2. The first-order valence-electron chi connectivity index (χ1n) is 8.63. The highest BCUT2D eigenvalue weighted by atomic mass is 16.2. The van der Waals surface area contributed by atoms with Crippen molar-refractivity contribution in [3.05, 3.63) is 30.5 Å². The third-order valence-corrected chi connectivity index (χ3v) is 4.62. The van der Waals surface area contributed by atoms with E-state index in [2.05, 4.69) is 39.4 Å². The van der Waals surface area contributed by atoms with Crippen LogP contribution in [0.15, 0.2) is 30.5 Å². The second-order valence-electron chi connectivity index (χ2n) is 6.79. The summed E-state index contributed by atoms with van der Waals surface area (Å²) < 4.78 is 0. The average molecular weight is 329 g/mol. The summed E-state index contributed by atoms with van der Waals surface area (Å²) in [7, 11) is 2.16. The molecule has 1 fully saturated rings. The molecule has 1 aromatic heterocycles. The third-order valence-electron chi connectivity index (χ3n) is 4.62. The lowest BCUT2D eigenvalue weighted by atomic mass is 10.1. The first-order valence-corrected chi connectivity index (χ1v) is 8.63. The number of benzene rings is 1. The summed E-state index contributed by atoms with van der Waals surface area (Å²) in [5.74, 6) is 0.433. The Kier molecular flexibility index (Phi) is 5.37. The fourth-order valence-corrected chi connectivity index (χ4v) is 3.16. The number of likely N-dealkylation sites (N-methyl/N-ethyl adjacent to an activating group) is 1. The Morgan fingerprint density at radius 1 is 1.25 bits per heavy atom. The van der Waals surface area contributed by atoms with Crippen LogP contribution >= 0.6 is 0 Å². The molecule has 0 saturated carbocycles. The largest absolute Gasteiger partial charge is 0.361 e. The number of amides is 2. The molecule has 0 bridgehead atoms. The molecule has 1 atom stereocenters. The minimum absolute atomic E-state index is 0.145. The minimum atomic E-state index is -0.145. The van der Waals surface area contributed by atoms with E-state index in [0.717, 1.165) is 49.3 Å². The predicted molar refractivity (Wildman–Crippen MR) is 98.4 cm³/mol. The summed E-state index contributed by atoms with van der Waals surface area (Å²) in [6.07, 6.45) is 1.88. The van der Waals surface area contributed by atoms with Crippen LogP contribution in [0.25, 0.3) is 10.9 Å². The van der Waals surface area contributed by atoms with E-state index in [1.807, 2.05) is 30.5 Å². The Hall–Kier alpha value is -2.05. The van der Waals surface area contributed by atoms with Gasteiger partial charge in [0.05, 0.1) is 5.69 Å². The molecule has 2 amide bonds. The molecule has 6 nitrogen and oxygen atoms in total. The van der Waals surface area contributed by atoms with Crippen molar-refractivity contribution in [1.82, 2.24) is 20.1 Å². The lowest BCUT2D eigenvalue weighted by Crippen LogP contribution is -2.47. The van der Waals surface area contributed by atoms with E-state index < -0.39 is 0 Å². The number of hydrogen-bond acceptors (Lipinski definition) is 3. The van der Waals surface area contributed by atoms with Gasteiger partial charge in [0.1, 0.15) is 0 Å². The number of carbonyl (C=O) groups is 1. The Balaban J connectivity index is 1.44. The standard InChI is InChI=1S/C18H27N5O/c1-14(13-23-10-8-22(2)9-11-23)12-20-18(24)21-17-5-3-4-16-15(17)6-7-19-16/h3-7,14,19H,8-13H2,1-2H3,(H2,20,21,24)/t14-/m0/s1. The summed E-state index contributed by atoms with van der Waals surface area (Å²) in [6.45, 7) is 8.38. The molecule has 24 heavy (non-hydrogen) atoms.